The van der Waals surface area contributed by atoms with Gasteiger partial charge in [0, 0.05) is 38.4 Å². The van der Waals surface area contributed by atoms with Gasteiger partial charge < -0.3 is 34.7 Å². The maximum absolute atomic E-state index is 13.9. The minimum absolute atomic E-state index is 0.0279. The summed E-state index contributed by atoms with van der Waals surface area (Å²) >= 11 is 0. The number of carbonyl (C=O) groups excluding carboxylic acids is 3. The lowest BCUT2D eigenvalue weighted by molar-refractivity contribution is -0.134. The zero-order valence-electron chi connectivity index (χ0n) is 32.3. The minimum Gasteiger partial charge on any atom is -0.453 e. The van der Waals surface area contributed by atoms with Crippen LogP contribution in [0.25, 0.3) is 33.6 Å². The van der Waals surface area contributed by atoms with Crippen molar-refractivity contribution in [1.82, 2.24) is 35.1 Å². The molecule has 8 rings (SSSR count). The van der Waals surface area contributed by atoms with Crippen molar-refractivity contribution in [3.63, 3.8) is 0 Å². The lowest BCUT2D eigenvalue weighted by Crippen LogP contribution is -2.42. The van der Waals surface area contributed by atoms with Crippen molar-refractivity contribution in [1.29, 1.82) is 0 Å². The molecular weight excluding hydrogens is 717 g/mol. The van der Waals surface area contributed by atoms with E-state index in [1.165, 1.54) is 7.11 Å². The summed E-state index contributed by atoms with van der Waals surface area (Å²) in [6.45, 7) is 1.27. The second-order valence-electron chi connectivity index (χ2n) is 14.8. The van der Waals surface area contributed by atoms with E-state index in [-0.39, 0.29) is 23.9 Å². The molecule has 0 bridgehead atoms. The van der Waals surface area contributed by atoms with Crippen LogP contribution < -0.4 is 10.2 Å². The Morgan fingerprint density at radius 1 is 0.702 bits per heavy atom. The van der Waals surface area contributed by atoms with Gasteiger partial charge in [0.25, 0.3) is 11.8 Å². The first-order chi connectivity index (χ1) is 27.8. The maximum atomic E-state index is 13.9. The molecule has 57 heavy (non-hydrogen) atoms. The number of benzene rings is 4. The van der Waals surface area contributed by atoms with Gasteiger partial charge in [-0.05, 0) is 77.8 Å². The van der Waals surface area contributed by atoms with Crippen LogP contribution in [0.3, 0.4) is 0 Å². The normalized spacial score (nSPS) is 17.0. The van der Waals surface area contributed by atoms with E-state index in [0.29, 0.717) is 30.0 Å². The fraction of sp³-hybridized carbons (Fsp3) is 0.267. The third-order valence-electron chi connectivity index (χ3n) is 11.1. The number of imidazole rings is 2. The molecule has 4 aromatic carbocycles. The Balaban J connectivity index is 0.923. The predicted molar refractivity (Wildman–Crippen MR) is 219 cm³/mol. The summed E-state index contributed by atoms with van der Waals surface area (Å²) in [4.78, 5) is 61.7. The Morgan fingerprint density at radius 2 is 1.21 bits per heavy atom. The average molecular weight is 763 g/mol. The molecule has 0 spiro atoms. The van der Waals surface area contributed by atoms with Gasteiger partial charge in [-0.3, -0.25) is 9.59 Å². The lowest BCUT2D eigenvalue weighted by atomic mass is 10.0. The molecule has 2 aromatic heterocycles. The number of likely N-dealkylation sites (tertiary alicyclic amines) is 2. The lowest BCUT2D eigenvalue weighted by Gasteiger charge is -2.28. The van der Waals surface area contributed by atoms with Crippen LogP contribution in [0.5, 0.6) is 0 Å². The van der Waals surface area contributed by atoms with Crippen LogP contribution in [0.15, 0.2) is 116 Å². The van der Waals surface area contributed by atoms with E-state index in [9.17, 15) is 14.4 Å². The van der Waals surface area contributed by atoms with Gasteiger partial charge in [0.15, 0.2) is 0 Å². The van der Waals surface area contributed by atoms with E-state index >= 15 is 0 Å². The number of hydrogen-bond acceptors (Lipinski definition) is 7. The maximum Gasteiger partial charge on any atom is 0.407 e. The van der Waals surface area contributed by atoms with Crippen molar-refractivity contribution in [2.24, 2.45) is 0 Å². The Bertz CT molecular complexity index is 2340. The van der Waals surface area contributed by atoms with Gasteiger partial charge in [-0.25, -0.2) is 14.8 Å². The van der Waals surface area contributed by atoms with Crippen LogP contribution in [-0.2, 0) is 9.53 Å². The fourth-order valence-corrected chi connectivity index (χ4v) is 7.94. The van der Waals surface area contributed by atoms with Crippen LogP contribution in [0.1, 0.15) is 71.4 Å². The Labute approximate surface area is 331 Å². The SMILES string of the molecule is COC(=O)N[C@@H](C(=O)N1CCC[C@H]1c1ncc(-c2ccc(-c3ccc(-c4cnc([C@@H]5CCCN5C(=O)c5ccc(N(C)C)cc5)[nH]4)cc3)cc2)[nH]1)c1ccccc1. The number of H-pyrrole nitrogens is 2. The first kappa shape index (κ1) is 37.2. The number of nitrogens with zero attached hydrogens (tertiary/aromatic N) is 5. The molecule has 2 saturated heterocycles. The Morgan fingerprint density at radius 3 is 1.74 bits per heavy atom. The summed E-state index contributed by atoms with van der Waals surface area (Å²) in [5.74, 6) is 1.34. The second-order valence-corrected chi connectivity index (χ2v) is 14.8. The summed E-state index contributed by atoms with van der Waals surface area (Å²) in [7, 11) is 5.26. The standard InChI is InChI=1S/C45H46N8O4/c1-51(2)35-23-21-34(22-24-35)43(54)52-25-7-11-38(52)41-46-27-36(48-41)31-17-13-29(14-18-31)30-15-19-32(20-16-30)37-28-47-42(49-37)39-12-8-26-53(39)44(55)40(50-45(56)57-3)33-9-5-4-6-10-33/h4-6,9-10,13-24,27-28,38-40H,7-8,11-12,25-26H2,1-3H3,(H,46,48)(H,47,49)(H,50,56)/t38-,39-,40+/m0/s1. The molecule has 12 nitrogen and oxygen atoms in total. The van der Waals surface area contributed by atoms with E-state index in [2.05, 4.69) is 63.8 Å². The molecule has 6 aromatic rings. The number of alkyl carbamates (subject to hydrolysis) is 1. The molecule has 290 valence electrons. The number of aromatic nitrogens is 4. The van der Waals surface area contributed by atoms with Crippen molar-refractivity contribution in [2.45, 2.75) is 43.8 Å². The fourth-order valence-electron chi connectivity index (χ4n) is 7.94. The average Bonchev–Trinajstić information content (AvgIpc) is 4.10. The van der Waals surface area contributed by atoms with Gasteiger partial charge in [-0.1, -0.05) is 78.9 Å². The zero-order chi connectivity index (χ0) is 39.5. The molecule has 3 N–H and O–H groups in total. The molecule has 2 aliphatic heterocycles. The molecule has 3 atom stereocenters. The largest absolute Gasteiger partial charge is 0.453 e. The topological polar surface area (TPSA) is 140 Å². The zero-order valence-corrected chi connectivity index (χ0v) is 32.3. The highest BCUT2D eigenvalue weighted by atomic mass is 16.5. The highest BCUT2D eigenvalue weighted by Crippen LogP contribution is 2.36. The quantitative estimate of drug-likeness (QED) is 0.129. The van der Waals surface area contributed by atoms with Crippen molar-refractivity contribution in [3.8, 4) is 33.6 Å². The molecule has 0 unspecified atom stereocenters. The summed E-state index contributed by atoms with van der Waals surface area (Å²) < 4.78 is 4.83. The molecule has 0 saturated carbocycles. The Hall–Kier alpha value is -6.69. The van der Waals surface area contributed by atoms with Crippen LogP contribution in [0.2, 0.25) is 0 Å². The van der Waals surface area contributed by atoms with Crippen molar-refractivity contribution in [2.75, 3.05) is 39.2 Å². The number of aromatic amines is 2. The molecule has 2 fully saturated rings. The predicted octanol–water partition coefficient (Wildman–Crippen LogP) is 7.94. The van der Waals surface area contributed by atoms with Crippen LogP contribution in [0.4, 0.5) is 10.5 Å². The molecule has 0 radical (unpaired) electrons. The molecule has 4 heterocycles. The summed E-state index contributed by atoms with van der Waals surface area (Å²) in [6.07, 6.45) is 6.39. The third kappa shape index (κ3) is 7.75. The number of ether oxygens (including phenoxy) is 1. The van der Waals surface area contributed by atoms with Gasteiger partial charge in [-0.2, -0.15) is 0 Å². The minimum atomic E-state index is -0.871. The number of rotatable bonds is 10. The molecular formula is C45H46N8O4. The molecule has 2 aliphatic rings. The van der Waals surface area contributed by atoms with E-state index in [1.54, 1.807) is 4.90 Å². The summed E-state index contributed by atoms with van der Waals surface area (Å²) in [5.41, 5.74) is 8.36. The van der Waals surface area contributed by atoms with Crippen molar-refractivity contribution < 1.29 is 19.1 Å². The summed E-state index contributed by atoms with van der Waals surface area (Å²) in [6, 6.07) is 32.4. The Kier molecular flexibility index (Phi) is 10.6. The monoisotopic (exact) mass is 762 g/mol. The number of nitrogens with one attached hydrogen (secondary N) is 3. The van der Waals surface area contributed by atoms with Gasteiger partial charge in [0.1, 0.15) is 17.7 Å². The van der Waals surface area contributed by atoms with Gasteiger partial charge >= 0.3 is 6.09 Å². The third-order valence-corrected chi connectivity index (χ3v) is 11.1. The van der Waals surface area contributed by atoms with E-state index in [0.717, 1.165) is 70.8 Å². The first-order valence-corrected chi connectivity index (χ1v) is 19.4. The van der Waals surface area contributed by atoms with Crippen LogP contribution in [0, 0.1) is 0 Å². The van der Waals surface area contributed by atoms with E-state index in [4.69, 9.17) is 14.7 Å². The number of anilines is 1. The highest BCUT2D eigenvalue weighted by molar-refractivity contribution is 5.95. The van der Waals surface area contributed by atoms with Crippen LogP contribution >= 0.6 is 0 Å². The molecule has 12 heteroatoms. The smallest absolute Gasteiger partial charge is 0.407 e. The van der Waals surface area contributed by atoms with Gasteiger partial charge in [0.2, 0.25) is 0 Å². The first-order valence-electron chi connectivity index (χ1n) is 19.4. The second kappa shape index (κ2) is 16.2. The van der Waals surface area contributed by atoms with Crippen molar-refractivity contribution >= 4 is 23.6 Å². The highest BCUT2D eigenvalue weighted by Gasteiger charge is 2.37. The number of carbonyl (C=O) groups is 3. The summed E-state index contributed by atoms with van der Waals surface area (Å²) in [5, 5.41) is 2.72. The van der Waals surface area contributed by atoms with Gasteiger partial charge in [-0.15, -0.1) is 0 Å². The van der Waals surface area contributed by atoms with E-state index in [1.807, 2.05) is 90.9 Å². The van der Waals surface area contributed by atoms with E-state index < -0.39 is 12.1 Å². The van der Waals surface area contributed by atoms with Crippen LogP contribution in [-0.4, -0.2) is 81.9 Å². The molecule has 3 amide bonds. The molecule has 0 aliphatic carbocycles. The van der Waals surface area contributed by atoms with Gasteiger partial charge in [0.05, 0.1) is 43.0 Å². The number of amides is 3. The van der Waals surface area contributed by atoms with Crippen molar-refractivity contribution in [3.05, 3.63) is 138 Å². The number of hydrogen-bond donors (Lipinski definition) is 3. The number of methoxy groups -OCH3 is 1.